The first-order valence-electron chi connectivity index (χ1n) is 11.5. The van der Waals surface area contributed by atoms with Gasteiger partial charge in [0, 0.05) is 37.6 Å². The molecule has 2 N–H and O–H groups in total. The van der Waals surface area contributed by atoms with E-state index >= 15 is 0 Å². The van der Waals surface area contributed by atoms with Crippen LogP contribution in [0.5, 0.6) is 0 Å². The summed E-state index contributed by atoms with van der Waals surface area (Å²) in [6.07, 6.45) is 5.39. The van der Waals surface area contributed by atoms with Gasteiger partial charge in [0.05, 0.1) is 11.3 Å². The summed E-state index contributed by atoms with van der Waals surface area (Å²) in [5, 5.41) is 5.27. The fourth-order valence-corrected chi connectivity index (χ4v) is 4.42. The Kier molecular flexibility index (Phi) is 6.93. The zero-order valence-corrected chi connectivity index (χ0v) is 18.6. The highest BCUT2D eigenvalue weighted by Crippen LogP contribution is 2.30. The molecule has 2 heterocycles. The number of amides is 3. The van der Waals surface area contributed by atoms with Gasteiger partial charge in [-0.25, -0.2) is 9.18 Å². The maximum absolute atomic E-state index is 13.9. The van der Waals surface area contributed by atoms with Gasteiger partial charge in [0.25, 0.3) is 5.91 Å². The number of nitrogens with zero attached hydrogens (tertiary/aromatic N) is 2. The summed E-state index contributed by atoms with van der Waals surface area (Å²) in [6.45, 7) is 5.63. The Balaban J connectivity index is 1.56. The molecule has 0 spiro atoms. The van der Waals surface area contributed by atoms with E-state index in [1.165, 1.54) is 12.1 Å². The molecule has 32 heavy (non-hydrogen) atoms. The van der Waals surface area contributed by atoms with E-state index in [2.05, 4.69) is 22.5 Å². The van der Waals surface area contributed by atoms with Crippen molar-refractivity contribution < 1.29 is 14.0 Å². The summed E-state index contributed by atoms with van der Waals surface area (Å²) < 4.78 is 13.9. The molecule has 2 aliphatic heterocycles. The minimum Gasteiger partial charge on any atom is -0.371 e. The predicted octanol–water partition coefficient (Wildman–Crippen LogP) is 5.33. The Bertz CT molecular complexity index is 966. The Hall–Kier alpha value is -3.09. The van der Waals surface area contributed by atoms with Gasteiger partial charge in [0.2, 0.25) is 0 Å². The van der Waals surface area contributed by atoms with Gasteiger partial charge in [0.1, 0.15) is 5.82 Å². The van der Waals surface area contributed by atoms with E-state index in [9.17, 15) is 14.0 Å². The normalized spacial score (nSPS) is 17.2. The first-order valence-corrected chi connectivity index (χ1v) is 11.5. The number of nitrogens with one attached hydrogen (secondary N) is 2. The molecule has 4 rings (SSSR count). The quantitative estimate of drug-likeness (QED) is 0.678. The van der Waals surface area contributed by atoms with E-state index in [0.717, 1.165) is 64.0 Å². The van der Waals surface area contributed by atoms with Gasteiger partial charge < -0.3 is 20.4 Å². The molecule has 2 aliphatic rings. The molecule has 0 bridgehead atoms. The van der Waals surface area contributed by atoms with Crippen molar-refractivity contribution in [2.45, 2.75) is 39.0 Å². The SMILES string of the molecule is CC1CCN(c2ccc(NC(=O)Nc3ccccc3F)cc2C(=O)N2CCCCC2)CC1. The first kappa shape index (κ1) is 22.1. The number of urea groups is 1. The molecule has 2 aromatic carbocycles. The summed E-state index contributed by atoms with van der Waals surface area (Å²) in [5.74, 6) is 0.199. The molecule has 0 atom stereocenters. The lowest BCUT2D eigenvalue weighted by atomic mass is 9.97. The van der Waals surface area contributed by atoms with Gasteiger partial charge >= 0.3 is 6.03 Å². The molecule has 0 unspecified atom stereocenters. The topological polar surface area (TPSA) is 64.7 Å². The highest BCUT2D eigenvalue weighted by molar-refractivity contribution is 6.04. The average molecular weight is 439 g/mol. The van der Waals surface area contributed by atoms with Crippen LogP contribution in [-0.4, -0.2) is 43.0 Å². The smallest absolute Gasteiger partial charge is 0.323 e. The number of halogens is 1. The first-order chi connectivity index (χ1) is 15.5. The molecule has 6 nitrogen and oxygen atoms in total. The summed E-state index contributed by atoms with van der Waals surface area (Å²) in [7, 11) is 0. The molecule has 170 valence electrons. The van der Waals surface area contributed by atoms with Crippen LogP contribution in [-0.2, 0) is 0 Å². The van der Waals surface area contributed by atoms with Gasteiger partial charge in [-0.2, -0.15) is 0 Å². The standard InChI is InChI=1S/C25H31FN4O2/c1-18-11-15-29(16-12-18)23-10-9-19(17-20(23)24(31)30-13-5-2-6-14-30)27-25(32)28-22-8-4-3-7-21(22)26/h3-4,7-10,17-18H,2,5-6,11-16H2,1H3,(H2,27,28,32). The van der Waals surface area contributed by atoms with E-state index in [1.807, 2.05) is 11.0 Å². The molecule has 7 heteroatoms. The van der Waals surface area contributed by atoms with E-state index < -0.39 is 11.8 Å². The highest BCUT2D eigenvalue weighted by Gasteiger charge is 2.25. The largest absolute Gasteiger partial charge is 0.371 e. The summed E-state index contributed by atoms with van der Waals surface area (Å²) in [6, 6.07) is 10.9. The van der Waals surface area contributed by atoms with Gasteiger partial charge in [-0.3, -0.25) is 4.79 Å². The van der Waals surface area contributed by atoms with Crippen molar-refractivity contribution in [1.29, 1.82) is 0 Å². The van der Waals surface area contributed by atoms with Crippen molar-refractivity contribution in [3.63, 3.8) is 0 Å². The Morgan fingerprint density at radius 1 is 0.938 bits per heavy atom. The second kappa shape index (κ2) is 10.0. The predicted molar refractivity (Wildman–Crippen MR) is 126 cm³/mol. The lowest BCUT2D eigenvalue weighted by molar-refractivity contribution is 0.0725. The molecule has 0 saturated carbocycles. The molecule has 3 amide bonds. The van der Waals surface area contributed by atoms with E-state index in [-0.39, 0.29) is 11.6 Å². The van der Waals surface area contributed by atoms with E-state index in [1.54, 1.807) is 24.3 Å². The molecule has 2 fully saturated rings. The van der Waals surface area contributed by atoms with Crippen molar-refractivity contribution in [1.82, 2.24) is 4.90 Å². The van der Waals surface area contributed by atoms with Crippen molar-refractivity contribution in [3.05, 3.63) is 53.8 Å². The molecule has 0 radical (unpaired) electrons. The molecule has 2 aromatic rings. The fraction of sp³-hybridized carbons (Fsp3) is 0.440. The molecular formula is C25H31FN4O2. The zero-order valence-electron chi connectivity index (χ0n) is 18.6. The van der Waals surface area contributed by atoms with Crippen LogP contribution < -0.4 is 15.5 Å². The third kappa shape index (κ3) is 5.21. The Morgan fingerprint density at radius 2 is 1.66 bits per heavy atom. The van der Waals surface area contributed by atoms with Crippen LogP contribution in [0.2, 0.25) is 0 Å². The van der Waals surface area contributed by atoms with Gasteiger partial charge in [-0.1, -0.05) is 19.1 Å². The number of likely N-dealkylation sites (tertiary alicyclic amines) is 1. The van der Waals surface area contributed by atoms with Crippen molar-refractivity contribution in [2.75, 3.05) is 41.7 Å². The van der Waals surface area contributed by atoms with Crippen LogP contribution in [0.4, 0.5) is 26.2 Å². The van der Waals surface area contributed by atoms with E-state index in [0.29, 0.717) is 17.2 Å². The van der Waals surface area contributed by atoms with Crippen LogP contribution in [0, 0.1) is 11.7 Å². The van der Waals surface area contributed by atoms with Gasteiger partial charge in [0.15, 0.2) is 0 Å². The lowest BCUT2D eigenvalue weighted by Crippen LogP contribution is -2.38. The Morgan fingerprint density at radius 3 is 2.38 bits per heavy atom. The number of carbonyl (C=O) groups is 2. The molecule has 2 saturated heterocycles. The number of para-hydroxylation sites is 1. The number of benzene rings is 2. The van der Waals surface area contributed by atoms with E-state index in [4.69, 9.17) is 0 Å². The monoisotopic (exact) mass is 438 g/mol. The zero-order chi connectivity index (χ0) is 22.5. The van der Waals surface area contributed by atoms with Crippen LogP contribution >= 0.6 is 0 Å². The average Bonchev–Trinajstić information content (AvgIpc) is 2.81. The second-order valence-electron chi connectivity index (χ2n) is 8.81. The highest BCUT2D eigenvalue weighted by atomic mass is 19.1. The van der Waals surface area contributed by atoms with Gasteiger partial charge in [-0.15, -0.1) is 0 Å². The second-order valence-corrected chi connectivity index (χ2v) is 8.81. The number of hydrogen-bond donors (Lipinski definition) is 2. The summed E-state index contributed by atoms with van der Waals surface area (Å²) >= 11 is 0. The third-order valence-corrected chi connectivity index (χ3v) is 6.37. The fourth-order valence-electron chi connectivity index (χ4n) is 4.42. The third-order valence-electron chi connectivity index (χ3n) is 6.37. The number of hydrogen-bond acceptors (Lipinski definition) is 3. The summed E-state index contributed by atoms with van der Waals surface area (Å²) in [4.78, 5) is 30.1. The van der Waals surface area contributed by atoms with Crippen molar-refractivity contribution in [2.24, 2.45) is 5.92 Å². The van der Waals surface area contributed by atoms with Crippen LogP contribution in [0.1, 0.15) is 49.4 Å². The van der Waals surface area contributed by atoms with Crippen LogP contribution in [0.15, 0.2) is 42.5 Å². The van der Waals surface area contributed by atoms with Crippen molar-refractivity contribution in [3.8, 4) is 0 Å². The maximum Gasteiger partial charge on any atom is 0.323 e. The molecule has 0 aliphatic carbocycles. The maximum atomic E-state index is 13.9. The van der Waals surface area contributed by atoms with Gasteiger partial charge in [-0.05, 0) is 68.4 Å². The molecular weight excluding hydrogens is 407 g/mol. The number of anilines is 3. The molecule has 0 aromatic heterocycles. The van der Waals surface area contributed by atoms with Crippen LogP contribution in [0.3, 0.4) is 0 Å². The summed E-state index contributed by atoms with van der Waals surface area (Å²) in [5.41, 5.74) is 2.15. The minimum atomic E-state index is -0.550. The Labute approximate surface area is 188 Å². The number of rotatable bonds is 4. The number of piperidine rings is 2. The lowest BCUT2D eigenvalue weighted by Gasteiger charge is -2.35. The van der Waals surface area contributed by atoms with Crippen molar-refractivity contribution >= 4 is 29.0 Å². The van der Waals surface area contributed by atoms with Crippen LogP contribution in [0.25, 0.3) is 0 Å². The minimum absolute atomic E-state index is 0.0106. The number of carbonyl (C=O) groups excluding carboxylic acids is 2.